The van der Waals surface area contributed by atoms with Crippen molar-refractivity contribution >= 4 is 11.8 Å². The molecule has 0 unspecified atom stereocenters. The smallest absolute Gasteiger partial charge is 0.270 e. The van der Waals surface area contributed by atoms with E-state index in [4.69, 9.17) is 0 Å². The number of carbonyl (C=O) groups excluding carboxylic acids is 2. The molecule has 39 heavy (non-hydrogen) atoms. The Morgan fingerprint density at radius 3 is 2.10 bits per heavy atom. The maximum absolute atomic E-state index is 14.4. The van der Waals surface area contributed by atoms with Gasteiger partial charge in [-0.3, -0.25) is 9.59 Å². The predicted molar refractivity (Wildman–Crippen MR) is 142 cm³/mol. The molecule has 0 radical (unpaired) electrons. The Labute approximate surface area is 225 Å². The summed E-state index contributed by atoms with van der Waals surface area (Å²) in [6, 6.07) is 13.4. The van der Waals surface area contributed by atoms with Crippen LogP contribution in [-0.2, 0) is 0 Å². The number of hydrogen-bond acceptors (Lipinski definition) is 4. The number of amides is 2. The zero-order chi connectivity index (χ0) is 27.5. The number of nitrogens with one attached hydrogen (secondary N) is 1. The lowest BCUT2D eigenvalue weighted by Crippen LogP contribution is -2.51. The van der Waals surface area contributed by atoms with Crippen LogP contribution in [0.2, 0.25) is 0 Å². The van der Waals surface area contributed by atoms with Crippen LogP contribution in [0, 0.1) is 24.4 Å². The second-order valence-corrected chi connectivity index (χ2v) is 10.3. The maximum Gasteiger partial charge on any atom is 0.270 e. The average Bonchev–Trinajstić information content (AvgIpc) is 2.94. The minimum absolute atomic E-state index is 0.0742. The molecule has 2 aliphatic heterocycles. The molecule has 0 atom stereocenters. The van der Waals surface area contributed by atoms with Crippen molar-refractivity contribution in [2.75, 3.05) is 26.2 Å². The first kappa shape index (κ1) is 26.9. The number of piperidine rings is 2. The molecule has 1 aromatic heterocycles. The molecular weight excluding hydrogens is 505 g/mol. The van der Waals surface area contributed by atoms with E-state index in [1.165, 1.54) is 12.1 Å². The van der Waals surface area contributed by atoms with Crippen molar-refractivity contribution in [3.8, 4) is 11.3 Å². The Kier molecular flexibility index (Phi) is 7.97. The first-order valence-electron chi connectivity index (χ1n) is 13.3. The summed E-state index contributed by atoms with van der Waals surface area (Å²) in [6.07, 6.45) is 3.29. The third-order valence-corrected chi connectivity index (χ3v) is 7.71. The Hall–Kier alpha value is -3.72. The lowest BCUT2D eigenvalue weighted by Gasteiger charge is -2.42. The van der Waals surface area contributed by atoms with E-state index < -0.39 is 34.6 Å². The van der Waals surface area contributed by atoms with E-state index in [1.807, 2.05) is 36.1 Å². The second kappa shape index (κ2) is 11.6. The maximum atomic E-state index is 14.4. The van der Waals surface area contributed by atoms with Gasteiger partial charge in [0.05, 0.1) is 5.56 Å². The SMILES string of the molecule is Cc1ccc(C(=O)N2CCC(N3CCC(NC(=O)c4ccc(F)c(-c5c(F)cccc5F)n4)CC3)CC2)cc1. The summed E-state index contributed by atoms with van der Waals surface area (Å²) >= 11 is 0. The minimum Gasteiger partial charge on any atom is -0.348 e. The fraction of sp³-hybridized carbons (Fsp3) is 0.367. The highest BCUT2D eigenvalue weighted by atomic mass is 19.1. The van der Waals surface area contributed by atoms with Gasteiger partial charge in [-0.1, -0.05) is 23.8 Å². The largest absolute Gasteiger partial charge is 0.348 e. The van der Waals surface area contributed by atoms with Crippen LogP contribution < -0.4 is 5.32 Å². The monoisotopic (exact) mass is 536 g/mol. The molecular formula is C30H31F3N4O2. The van der Waals surface area contributed by atoms with Crippen molar-refractivity contribution in [3.05, 3.63) is 88.9 Å². The highest BCUT2D eigenvalue weighted by Gasteiger charge is 2.31. The third-order valence-electron chi connectivity index (χ3n) is 7.71. The topological polar surface area (TPSA) is 65.5 Å². The second-order valence-electron chi connectivity index (χ2n) is 10.3. The summed E-state index contributed by atoms with van der Waals surface area (Å²) in [5.41, 5.74) is 0.630. The minimum atomic E-state index is -0.948. The molecule has 0 saturated carbocycles. The van der Waals surface area contributed by atoms with Gasteiger partial charge in [0.2, 0.25) is 0 Å². The van der Waals surface area contributed by atoms with Crippen LogP contribution in [0.3, 0.4) is 0 Å². The number of likely N-dealkylation sites (tertiary alicyclic amines) is 2. The van der Waals surface area contributed by atoms with E-state index in [9.17, 15) is 22.8 Å². The Balaban J connectivity index is 1.13. The van der Waals surface area contributed by atoms with Crippen molar-refractivity contribution in [1.82, 2.24) is 20.1 Å². The van der Waals surface area contributed by atoms with Crippen molar-refractivity contribution in [2.45, 2.75) is 44.7 Å². The predicted octanol–water partition coefficient (Wildman–Crippen LogP) is 4.97. The lowest BCUT2D eigenvalue weighted by atomic mass is 9.97. The number of carbonyl (C=O) groups is 2. The summed E-state index contributed by atoms with van der Waals surface area (Å²) in [5, 5.41) is 2.94. The van der Waals surface area contributed by atoms with Crippen molar-refractivity contribution in [1.29, 1.82) is 0 Å². The van der Waals surface area contributed by atoms with Gasteiger partial charge in [0.15, 0.2) is 0 Å². The van der Waals surface area contributed by atoms with Crippen molar-refractivity contribution < 1.29 is 22.8 Å². The van der Waals surface area contributed by atoms with Gasteiger partial charge in [0, 0.05) is 43.8 Å². The molecule has 2 fully saturated rings. The molecule has 6 nitrogen and oxygen atoms in total. The number of halogens is 3. The Bertz CT molecular complexity index is 1330. The van der Waals surface area contributed by atoms with E-state index in [1.54, 1.807) is 0 Å². The van der Waals surface area contributed by atoms with E-state index in [-0.39, 0.29) is 17.6 Å². The standard InChI is InChI=1S/C30H31F3N4O2/c1-19-5-7-20(8-6-19)30(39)37-17-13-22(14-18-37)36-15-11-21(12-16-36)34-29(38)26-10-9-25(33)28(35-26)27-23(31)3-2-4-24(27)32/h2-10,21-22H,11-18H2,1H3,(H,34,38). The molecule has 0 spiro atoms. The fourth-order valence-corrected chi connectivity index (χ4v) is 5.45. The molecule has 0 aliphatic carbocycles. The third kappa shape index (κ3) is 5.98. The number of pyridine rings is 1. The normalized spacial score (nSPS) is 17.3. The van der Waals surface area contributed by atoms with Crippen LogP contribution >= 0.6 is 0 Å². The van der Waals surface area contributed by atoms with Crippen molar-refractivity contribution in [3.63, 3.8) is 0 Å². The molecule has 2 aromatic carbocycles. The number of rotatable bonds is 5. The van der Waals surface area contributed by atoms with E-state index >= 15 is 0 Å². The van der Waals surface area contributed by atoms with Gasteiger partial charge in [-0.05, 0) is 69.0 Å². The van der Waals surface area contributed by atoms with E-state index in [2.05, 4.69) is 15.2 Å². The summed E-state index contributed by atoms with van der Waals surface area (Å²) in [6.45, 7) is 5.05. The van der Waals surface area contributed by atoms with Gasteiger partial charge in [-0.15, -0.1) is 0 Å². The van der Waals surface area contributed by atoms with Gasteiger partial charge in [0.25, 0.3) is 11.8 Å². The summed E-state index contributed by atoms with van der Waals surface area (Å²) in [5.74, 6) is -3.23. The van der Waals surface area contributed by atoms with Gasteiger partial charge >= 0.3 is 0 Å². The summed E-state index contributed by atoms with van der Waals surface area (Å²) in [4.78, 5) is 34.0. The number of nitrogens with zero attached hydrogens (tertiary/aromatic N) is 3. The Morgan fingerprint density at radius 1 is 0.821 bits per heavy atom. The number of hydrogen-bond donors (Lipinski definition) is 1. The van der Waals surface area contributed by atoms with Crippen LogP contribution in [-0.4, -0.2) is 64.9 Å². The molecule has 5 rings (SSSR count). The molecule has 2 amide bonds. The van der Waals surface area contributed by atoms with Gasteiger partial charge < -0.3 is 15.1 Å². The van der Waals surface area contributed by atoms with Crippen LogP contribution in [0.15, 0.2) is 54.6 Å². The quantitative estimate of drug-likeness (QED) is 0.500. The molecule has 1 N–H and O–H groups in total. The first-order valence-corrected chi connectivity index (χ1v) is 13.3. The van der Waals surface area contributed by atoms with Crippen LogP contribution in [0.1, 0.15) is 52.1 Å². The molecule has 9 heteroatoms. The van der Waals surface area contributed by atoms with Gasteiger partial charge in [-0.25, -0.2) is 18.2 Å². The summed E-state index contributed by atoms with van der Waals surface area (Å²) < 4.78 is 42.8. The average molecular weight is 537 g/mol. The molecule has 3 heterocycles. The molecule has 2 aliphatic rings. The fourth-order valence-electron chi connectivity index (χ4n) is 5.45. The highest BCUT2D eigenvalue weighted by Crippen LogP contribution is 2.27. The molecule has 2 saturated heterocycles. The first-order chi connectivity index (χ1) is 18.8. The number of benzene rings is 2. The number of aromatic nitrogens is 1. The number of aryl methyl sites for hydroxylation is 1. The molecule has 204 valence electrons. The lowest BCUT2D eigenvalue weighted by molar-refractivity contribution is 0.0566. The van der Waals surface area contributed by atoms with Crippen LogP contribution in [0.5, 0.6) is 0 Å². The molecule has 0 bridgehead atoms. The summed E-state index contributed by atoms with van der Waals surface area (Å²) in [7, 11) is 0. The van der Waals surface area contributed by atoms with Gasteiger partial charge in [0.1, 0.15) is 28.8 Å². The van der Waals surface area contributed by atoms with Gasteiger partial charge in [-0.2, -0.15) is 0 Å². The van der Waals surface area contributed by atoms with Crippen LogP contribution in [0.4, 0.5) is 13.2 Å². The zero-order valence-electron chi connectivity index (χ0n) is 21.8. The Morgan fingerprint density at radius 2 is 1.46 bits per heavy atom. The van der Waals surface area contributed by atoms with E-state index in [0.717, 1.165) is 81.2 Å². The zero-order valence-corrected chi connectivity index (χ0v) is 21.8. The van der Waals surface area contributed by atoms with Crippen LogP contribution in [0.25, 0.3) is 11.3 Å². The molecule has 3 aromatic rings. The van der Waals surface area contributed by atoms with Crippen molar-refractivity contribution in [2.24, 2.45) is 0 Å². The highest BCUT2D eigenvalue weighted by molar-refractivity contribution is 5.94. The van der Waals surface area contributed by atoms with E-state index in [0.29, 0.717) is 6.04 Å².